The van der Waals surface area contributed by atoms with Crippen molar-refractivity contribution in [1.29, 1.82) is 0 Å². The summed E-state index contributed by atoms with van der Waals surface area (Å²) in [6.45, 7) is 2.73. The van der Waals surface area contributed by atoms with E-state index >= 15 is 0 Å². The molecule has 1 amide bonds. The third-order valence-electron chi connectivity index (χ3n) is 4.69. The van der Waals surface area contributed by atoms with Gasteiger partial charge < -0.3 is 23.5 Å². The van der Waals surface area contributed by atoms with Crippen LogP contribution in [-0.4, -0.2) is 49.3 Å². The van der Waals surface area contributed by atoms with Crippen molar-refractivity contribution in [1.82, 2.24) is 4.57 Å². The standard InChI is InChI=1S/C22H20N2O7S/c1-3-29-19(25)12-24-15-10-16-17(31-9-8-30-16)11-18(15)32-22(24)23-20(26)13-4-6-14(7-5-13)21(27)28-2/h4-7,10-11H,3,8-9,12H2,1-2H3. The zero-order chi connectivity index (χ0) is 22.7. The highest BCUT2D eigenvalue weighted by Gasteiger charge is 2.19. The van der Waals surface area contributed by atoms with Crippen LogP contribution < -0.4 is 14.3 Å². The van der Waals surface area contributed by atoms with Crippen molar-refractivity contribution in [3.8, 4) is 11.5 Å². The number of benzene rings is 2. The molecule has 0 bridgehead atoms. The van der Waals surface area contributed by atoms with E-state index in [0.29, 0.717) is 46.2 Å². The number of hydrogen-bond acceptors (Lipinski definition) is 8. The lowest BCUT2D eigenvalue weighted by Crippen LogP contribution is -2.23. The number of hydrogen-bond donors (Lipinski definition) is 0. The van der Waals surface area contributed by atoms with Gasteiger partial charge in [0.2, 0.25) is 0 Å². The Hall–Kier alpha value is -3.66. The predicted molar refractivity (Wildman–Crippen MR) is 115 cm³/mol. The lowest BCUT2D eigenvalue weighted by atomic mass is 10.1. The molecule has 4 rings (SSSR count). The number of amides is 1. The summed E-state index contributed by atoms with van der Waals surface area (Å²) in [6, 6.07) is 9.58. The first-order valence-electron chi connectivity index (χ1n) is 9.86. The van der Waals surface area contributed by atoms with E-state index in [4.69, 9.17) is 14.2 Å². The van der Waals surface area contributed by atoms with E-state index in [1.165, 1.54) is 42.7 Å². The molecule has 0 N–H and O–H groups in total. The minimum absolute atomic E-state index is 0.110. The molecular weight excluding hydrogens is 436 g/mol. The molecule has 0 spiro atoms. The summed E-state index contributed by atoms with van der Waals surface area (Å²) in [5.74, 6) is -0.285. The molecule has 1 aliphatic rings. The van der Waals surface area contributed by atoms with Crippen LogP contribution in [0.15, 0.2) is 41.4 Å². The molecule has 32 heavy (non-hydrogen) atoms. The molecule has 0 aliphatic carbocycles. The number of fused-ring (bicyclic) bond motifs is 2. The molecule has 0 fully saturated rings. The maximum absolute atomic E-state index is 12.8. The fourth-order valence-corrected chi connectivity index (χ4v) is 4.24. The largest absolute Gasteiger partial charge is 0.486 e. The van der Waals surface area contributed by atoms with E-state index in [1.807, 2.05) is 6.07 Å². The second-order valence-electron chi connectivity index (χ2n) is 6.73. The van der Waals surface area contributed by atoms with Crippen LogP contribution in [0.1, 0.15) is 27.6 Å². The van der Waals surface area contributed by atoms with Crippen molar-refractivity contribution in [2.45, 2.75) is 13.5 Å². The van der Waals surface area contributed by atoms with Crippen molar-refractivity contribution in [3.05, 3.63) is 52.3 Å². The minimum atomic E-state index is -0.511. The number of ether oxygens (including phenoxy) is 4. The number of carbonyl (C=O) groups is 3. The molecule has 3 aromatic rings. The van der Waals surface area contributed by atoms with Gasteiger partial charge in [0.1, 0.15) is 19.8 Å². The Morgan fingerprint density at radius 2 is 1.72 bits per heavy atom. The van der Waals surface area contributed by atoms with Crippen molar-refractivity contribution >= 4 is 39.4 Å². The molecule has 10 heteroatoms. The van der Waals surface area contributed by atoms with E-state index in [-0.39, 0.29) is 13.2 Å². The lowest BCUT2D eigenvalue weighted by Gasteiger charge is -2.18. The van der Waals surface area contributed by atoms with Crippen LogP contribution in [0.25, 0.3) is 10.2 Å². The lowest BCUT2D eigenvalue weighted by molar-refractivity contribution is -0.143. The number of carbonyl (C=O) groups excluding carboxylic acids is 3. The molecule has 2 aromatic carbocycles. The smallest absolute Gasteiger partial charge is 0.337 e. The first-order valence-corrected chi connectivity index (χ1v) is 10.7. The summed E-state index contributed by atoms with van der Waals surface area (Å²) in [4.78, 5) is 41.2. The fourth-order valence-electron chi connectivity index (χ4n) is 3.20. The molecule has 1 aliphatic heterocycles. The molecule has 166 valence electrons. The zero-order valence-electron chi connectivity index (χ0n) is 17.5. The van der Waals surface area contributed by atoms with Gasteiger partial charge in [-0.2, -0.15) is 4.99 Å². The van der Waals surface area contributed by atoms with E-state index in [0.717, 1.165) is 4.70 Å². The summed E-state index contributed by atoms with van der Waals surface area (Å²) < 4.78 is 23.4. The van der Waals surface area contributed by atoms with Crippen molar-refractivity contribution in [2.75, 3.05) is 26.9 Å². The molecule has 2 heterocycles. The van der Waals surface area contributed by atoms with Crippen molar-refractivity contribution in [3.63, 3.8) is 0 Å². The topological polar surface area (TPSA) is 105 Å². The van der Waals surface area contributed by atoms with Gasteiger partial charge >= 0.3 is 11.9 Å². The predicted octanol–water partition coefficient (Wildman–Crippen LogP) is 2.56. The summed E-state index contributed by atoms with van der Waals surface area (Å²) in [7, 11) is 1.29. The Labute approximate surface area is 186 Å². The summed E-state index contributed by atoms with van der Waals surface area (Å²) in [5, 5.41) is 0. The van der Waals surface area contributed by atoms with Gasteiger partial charge in [0.05, 0.1) is 29.5 Å². The number of aromatic nitrogens is 1. The Kier molecular flexibility index (Phi) is 6.22. The normalized spacial score (nSPS) is 13.1. The van der Waals surface area contributed by atoms with Crippen LogP contribution in [0.2, 0.25) is 0 Å². The molecule has 9 nitrogen and oxygen atoms in total. The fraction of sp³-hybridized carbons (Fsp3) is 0.273. The number of nitrogens with zero attached hydrogens (tertiary/aromatic N) is 2. The van der Waals surface area contributed by atoms with Crippen molar-refractivity contribution in [2.24, 2.45) is 4.99 Å². The summed E-state index contributed by atoms with van der Waals surface area (Å²) >= 11 is 1.25. The van der Waals surface area contributed by atoms with Crippen LogP contribution in [0.5, 0.6) is 11.5 Å². The van der Waals surface area contributed by atoms with E-state index in [1.54, 1.807) is 17.6 Å². The first-order chi connectivity index (χ1) is 15.5. The maximum Gasteiger partial charge on any atom is 0.337 e. The zero-order valence-corrected chi connectivity index (χ0v) is 18.3. The highest BCUT2D eigenvalue weighted by atomic mass is 32.1. The van der Waals surface area contributed by atoms with Crippen LogP contribution >= 0.6 is 11.3 Å². The maximum atomic E-state index is 12.8. The van der Waals surface area contributed by atoms with E-state index in [9.17, 15) is 14.4 Å². The van der Waals surface area contributed by atoms with Gasteiger partial charge in [-0.05, 0) is 31.2 Å². The van der Waals surface area contributed by atoms with Gasteiger partial charge in [-0.1, -0.05) is 11.3 Å². The number of thiazole rings is 1. The first kappa shape index (κ1) is 21.6. The third kappa shape index (κ3) is 4.35. The van der Waals surface area contributed by atoms with Crippen LogP contribution in [-0.2, 0) is 20.8 Å². The van der Waals surface area contributed by atoms with Gasteiger partial charge in [0.15, 0.2) is 16.3 Å². The SMILES string of the molecule is CCOC(=O)Cn1c(=NC(=O)c2ccc(C(=O)OC)cc2)sc2cc3c(cc21)OCCO3. The van der Waals surface area contributed by atoms with Crippen LogP contribution in [0, 0.1) is 0 Å². The van der Waals surface area contributed by atoms with Crippen LogP contribution in [0.4, 0.5) is 0 Å². The van der Waals surface area contributed by atoms with Gasteiger partial charge in [-0.3, -0.25) is 9.59 Å². The number of rotatable bonds is 5. The number of esters is 2. The molecule has 0 radical (unpaired) electrons. The number of methoxy groups -OCH3 is 1. The molecule has 0 unspecified atom stereocenters. The minimum Gasteiger partial charge on any atom is -0.486 e. The Morgan fingerprint density at radius 3 is 2.38 bits per heavy atom. The Bertz CT molecular complexity index is 1260. The molecule has 0 atom stereocenters. The highest BCUT2D eigenvalue weighted by Crippen LogP contribution is 2.35. The van der Waals surface area contributed by atoms with Gasteiger partial charge in [0, 0.05) is 17.7 Å². The van der Waals surface area contributed by atoms with Gasteiger partial charge in [-0.25, -0.2) is 4.79 Å². The monoisotopic (exact) mass is 456 g/mol. The Balaban J connectivity index is 1.77. The van der Waals surface area contributed by atoms with Crippen molar-refractivity contribution < 1.29 is 33.3 Å². The summed E-state index contributed by atoms with van der Waals surface area (Å²) in [5.41, 5.74) is 1.30. The highest BCUT2D eigenvalue weighted by molar-refractivity contribution is 7.16. The quantitative estimate of drug-likeness (QED) is 0.543. The molecule has 0 saturated carbocycles. The van der Waals surface area contributed by atoms with Crippen LogP contribution in [0.3, 0.4) is 0 Å². The summed E-state index contributed by atoms with van der Waals surface area (Å²) in [6.07, 6.45) is 0. The van der Waals surface area contributed by atoms with Gasteiger partial charge in [-0.15, -0.1) is 0 Å². The second kappa shape index (κ2) is 9.23. The molecule has 0 saturated heterocycles. The van der Waals surface area contributed by atoms with E-state index in [2.05, 4.69) is 9.73 Å². The molecule has 1 aromatic heterocycles. The second-order valence-corrected chi connectivity index (χ2v) is 7.73. The third-order valence-corrected chi connectivity index (χ3v) is 5.73. The molecular formula is C22H20N2O7S. The average Bonchev–Trinajstić information content (AvgIpc) is 3.12. The van der Waals surface area contributed by atoms with E-state index < -0.39 is 17.8 Å². The Morgan fingerprint density at radius 1 is 1.06 bits per heavy atom. The average molecular weight is 456 g/mol. The van der Waals surface area contributed by atoms with Gasteiger partial charge in [0.25, 0.3) is 5.91 Å².